The van der Waals surface area contributed by atoms with E-state index in [1.165, 1.54) is 0 Å². The molecule has 1 N–H and O–H groups in total. The molecule has 130 valence electrons. The largest absolute Gasteiger partial charge is 0.497 e. The number of ether oxygens (including phenoxy) is 2. The van der Waals surface area contributed by atoms with E-state index in [4.69, 9.17) is 9.47 Å². The Hall–Kier alpha value is -2.06. The van der Waals surface area contributed by atoms with Gasteiger partial charge in [0.05, 0.1) is 18.4 Å². The maximum Gasteiger partial charge on any atom is 0.256 e. The minimum atomic E-state index is -0.783. The van der Waals surface area contributed by atoms with Crippen LogP contribution in [0.4, 0.5) is 5.69 Å². The summed E-state index contributed by atoms with van der Waals surface area (Å²) in [6.45, 7) is 4.81. The van der Waals surface area contributed by atoms with Crippen LogP contribution in [0, 0.1) is 17.2 Å². The van der Waals surface area contributed by atoms with Crippen molar-refractivity contribution in [2.45, 2.75) is 51.6 Å². The van der Waals surface area contributed by atoms with Crippen molar-refractivity contribution < 1.29 is 14.3 Å². The van der Waals surface area contributed by atoms with Gasteiger partial charge in [0.2, 0.25) is 0 Å². The van der Waals surface area contributed by atoms with Crippen LogP contribution >= 0.6 is 0 Å². The number of hydrogen-bond donors (Lipinski definition) is 1. The van der Waals surface area contributed by atoms with Crippen LogP contribution in [0.5, 0.6) is 5.75 Å². The van der Waals surface area contributed by atoms with Crippen molar-refractivity contribution in [1.82, 2.24) is 0 Å². The Morgan fingerprint density at radius 2 is 2.12 bits per heavy atom. The summed E-state index contributed by atoms with van der Waals surface area (Å²) in [5.74, 6) is 1.06. The van der Waals surface area contributed by atoms with Gasteiger partial charge in [-0.05, 0) is 56.2 Å². The molecule has 1 aliphatic rings. The molecule has 1 aliphatic carbocycles. The second kappa shape index (κ2) is 8.16. The topological polar surface area (TPSA) is 71.3 Å². The van der Waals surface area contributed by atoms with Gasteiger partial charge in [0, 0.05) is 6.61 Å². The van der Waals surface area contributed by atoms with Crippen molar-refractivity contribution in [3.8, 4) is 11.8 Å². The average molecular weight is 330 g/mol. The van der Waals surface area contributed by atoms with Gasteiger partial charge in [-0.3, -0.25) is 4.79 Å². The smallest absolute Gasteiger partial charge is 0.256 e. The molecule has 0 atom stereocenters. The minimum absolute atomic E-state index is 0.149. The Labute approximate surface area is 144 Å². The molecule has 1 fully saturated rings. The van der Waals surface area contributed by atoms with E-state index < -0.39 is 5.60 Å². The Morgan fingerprint density at radius 3 is 2.71 bits per heavy atom. The van der Waals surface area contributed by atoms with E-state index in [0.717, 1.165) is 32.1 Å². The van der Waals surface area contributed by atoms with E-state index in [0.29, 0.717) is 29.5 Å². The lowest BCUT2D eigenvalue weighted by molar-refractivity contribution is -0.147. The number of carbonyl (C=O) groups is 1. The molecular formula is C19H26N2O3. The molecule has 1 aromatic carbocycles. The number of hydrogen-bond acceptors (Lipinski definition) is 4. The fourth-order valence-electron chi connectivity index (χ4n) is 3.05. The molecule has 1 amide bonds. The summed E-state index contributed by atoms with van der Waals surface area (Å²) in [5.41, 5.74) is 0.105. The quantitative estimate of drug-likeness (QED) is 0.859. The molecule has 0 bridgehead atoms. The van der Waals surface area contributed by atoms with Crippen LogP contribution in [0.15, 0.2) is 18.2 Å². The van der Waals surface area contributed by atoms with Crippen LogP contribution in [-0.2, 0) is 9.53 Å². The van der Waals surface area contributed by atoms with Gasteiger partial charge >= 0.3 is 0 Å². The zero-order chi connectivity index (χ0) is 17.6. The summed E-state index contributed by atoms with van der Waals surface area (Å²) < 4.78 is 11.1. The van der Waals surface area contributed by atoms with Gasteiger partial charge in [-0.15, -0.1) is 0 Å². The number of nitriles is 1. The zero-order valence-corrected chi connectivity index (χ0v) is 14.7. The summed E-state index contributed by atoms with van der Waals surface area (Å²) in [6.07, 6.45) is 4.27. The normalized spacial score (nSPS) is 23.3. The molecule has 5 heteroatoms. The molecule has 1 aromatic rings. The lowest BCUT2D eigenvalue weighted by Crippen LogP contribution is -2.48. The highest BCUT2D eigenvalue weighted by atomic mass is 16.5. The number of methoxy groups -OCH3 is 1. The first kappa shape index (κ1) is 18.3. The van der Waals surface area contributed by atoms with Crippen LogP contribution in [0.1, 0.15) is 51.5 Å². The predicted molar refractivity (Wildman–Crippen MR) is 92.9 cm³/mol. The molecule has 0 unspecified atom stereocenters. The molecule has 0 saturated heterocycles. The van der Waals surface area contributed by atoms with Crippen molar-refractivity contribution in [3.63, 3.8) is 0 Å². The van der Waals surface area contributed by atoms with E-state index in [1.54, 1.807) is 25.3 Å². The third kappa shape index (κ3) is 4.07. The maximum atomic E-state index is 12.9. The molecule has 2 rings (SSSR count). The highest BCUT2D eigenvalue weighted by Crippen LogP contribution is 2.36. The highest BCUT2D eigenvalue weighted by molar-refractivity contribution is 5.98. The predicted octanol–water partition coefficient (Wildman–Crippen LogP) is 3.88. The molecule has 0 radical (unpaired) electrons. The number of benzene rings is 1. The molecule has 0 aliphatic heterocycles. The van der Waals surface area contributed by atoms with Crippen molar-refractivity contribution >= 4 is 11.6 Å². The Morgan fingerprint density at radius 1 is 1.42 bits per heavy atom. The lowest BCUT2D eigenvalue weighted by Gasteiger charge is -2.38. The van der Waals surface area contributed by atoms with Gasteiger partial charge in [-0.25, -0.2) is 0 Å². The first-order chi connectivity index (χ1) is 11.5. The number of rotatable bonds is 6. The second-order valence-corrected chi connectivity index (χ2v) is 6.50. The number of carbonyl (C=O) groups excluding carboxylic acids is 1. The molecule has 1 saturated carbocycles. The van der Waals surface area contributed by atoms with Crippen molar-refractivity contribution in [1.29, 1.82) is 5.26 Å². The van der Waals surface area contributed by atoms with Crippen LogP contribution < -0.4 is 10.1 Å². The van der Waals surface area contributed by atoms with Crippen LogP contribution in [-0.4, -0.2) is 25.2 Å². The zero-order valence-electron chi connectivity index (χ0n) is 14.7. The van der Waals surface area contributed by atoms with Crippen molar-refractivity contribution in [2.24, 2.45) is 5.92 Å². The van der Waals surface area contributed by atoms with Crippen molar-refractivity contribution in [2.75, 3.05) is 19.0 Å². The third-order valence-electron chi connectivity index (χ3n) is 4.67. The van der Waals surface area contributed by atoms with E-state index in [-0.39, 0.29) is 5.91 Å². The first-order valence-electron chi connectivity index (χ1n) is 8.58. The summed E-state index contributed by atoms with van der Waals surface area (Å²) >= 11 is 0. The van der Waals surface area contributed by atoms with Crippen molar-refractivity contribution in [3.05, 3.63) is 23.8 Å². The summed E-state index contributed by atoms with van der Waals surface area (Å²) in [4.78, 5) is 12.9. The van der Waals surface area contributed by atoms with Gasteiger partial charge in [-0.1, -0.05) is 13.8 Å². The molecule has 0 heterocycles. The summed E-state index contributed by atoms with van der Waals surface area (Å²) in [7, 11) is 1.55. The number of amides is 1. The standard InChI is InChI=1S/C19H26N2O3/c1-4-11-24-19(9-7-14(2)8-10-19)18(22)21-17-6-5-16(23-3)12-15(17)13-20/h5-6,12,14H,4,7-11H2,1-3H3,(H,21,22). The molecular weight excluding hydrogens is 304 g/mol. The maximum absolute atomic E-state index is 12.9. The van der Waals surface area contributed by atoms with Gasteiger partial charge in [-0.2, -0.15) is 5.26 Å². The Balaban J connectivity index is 2.20. The third-order valence-corrected chi connectivity index (χ3v) is 4.67. The van der Waals surface area contributed by atoms with Gasteiger partial charge in [0.25, 0.3) is 5.91 Å². The number of nitrogens with zero attached hydrogens (tertiary/aromatic N) is 1. The molecule has 0 aromatic heterocycles. The monoisotopic (exact) mass is 330 g/mol. The summed E-state index contributed by atoms with van der Waals surface area (Å²) in [5, 5.41) is 12.2. The average Bonchev–Trinajstić information content (AvgIpc) is 2.61. The van der Waals surface area contributed by atoms with Gasteiger partial charge in [0.15, 0.2) is 0 Å². The minimum Gasteiger partial charge on any atom is -0.497 e. The number of nitrogens with one attached hydrogen (secondary N) is 1. The SMILES string of the molecule is CCCOC1(C(=O)Nc2ccc(OC)cc2C#N)CCC(C)CC1. The molecule has 0 spiro atoms. The Kier molecular flexibility index (Phi) is 6.22. The Bertz CT molecular complexity index is 608. The lowest BCUT2D eigenvalue weighted by atomic mass is 9.78. The van der Waals surface area contributed by atoms with Gasteiger partial charge < -0.3 is 14.8 Å². The fourth-order valence-corrected chi connectivity index (χ4v) is 3.05. The fraction of sp³-hybridized carbons (Fsp3) is 0.579. The van der Waals surface area contributed by atoms with E-state index in [9.17, 15) is 10.1 Å². The molecule has 5 nitrogen and oxygen atoms in total. The van der Waals surface area contributed by atoms with Crippen LogP contribution in [0.25, 0.3) is 0 Å². The second-order valence-electron chi connectivity index (χ2n) is 6.50. The van der Waals surface area contributed by atoms with E-state index >= 15 is 0 Å². The highest BCUT2D eigenvalue weighted by Gasteiger charge is 2.42. The van der Waals surface area contributed by atoms with Gasteiger partial charge in [0.1, 0.15) is 17.4 Å². The first-order valence-corrected chi connectivity index (χ1v) is 8.58. The van der Waals surface area contributed by atoms with E-state index in [2.05, 4.69) is 18.3 Å². The number of anilines is 1. The van der Waals surface area contributed by atoms with E-state index in [1.807, 2.05) is 6.92 Å². The van der Waals surface area contributed by atoms with Crippen LogP contribution in [0.2, 0.25) is 0 Å². The molecule has 24 heavy (non-hydrogen) atoms. The van der Waals surface area contributed by atoms with Crippen LogP contribution in [0.3, 0.4) is 0 Å². The summed E-state index contributed by atoms with van der Waals surface area (Å²) in [6, 6.07) is 7.17.